The molecule has 0 fully saturated rings. The molecule has 34 heavy (non-hydrogen) atoms. The van der Waals surface area contributed by atoms with Crippen LogP contribution in [0.2, 0.25) is 0 Å². The zero-order valence-electron chi connectivity index (χ0n) is 18.2. The van der Waals surface area contributed by atoms with Crippen LogP contribution in [0.1, 0.15) is 25.8 Å². The molecule has 0 aliphatic heterocycles. The van der Waals surface area contributed by atoms with Gasteiger partial charge in [0.1, 0.15) is 17.3 Å². The van der Waals surface area contributed by atoms with E-state index in [1.165, 1.54) is 50.2 Å². The number of sulfone groups is 1. The molecular formula is C24H21F4NO4S. The Labute approximate surface area is 194 Å². The molecule has 0 radical (unpaired) electrons. The van der Waals surface area contributed by atoms with Crippen LogP contribution < -0.4 is 10.1 Å². The summed E-state index contributed by atoms with van der Waals surface area (Å²) in [5.41, 5.74) is -0.722. The number of carbonyl (C=O) groups is 1. The number of amides is 1. The first-order valence-corrected chi connectivity index (χ1v) is 11.5. The van der Waals surface area contributed by atoms with Crippen molar-refractivity contribution < 1.29 is 35.5 Å². The summed E-state index contributed by atoms with van der Waals surface area (Å²) in [7, 11) is -4.26. The quantitative estimate of drug-likeness (QED) is 0.395. The number of benzene rings is 3. The molecular weight excluding hydrogens is 474 g/mol. The highest BCUT2D eigenvalue weighted by atomic mass is 32.2. The highest BCUT2D eigenvalue weighted by molar-refractivity contribution is 7.92. The van der Waals surface area contributed by atoms with Crippen LogP contribution in [0.3, 0.4) is 0 Å². The van der Waals surface area contributed by atoms with Crippen molar-refractivity contribution in [1.82, 2.24) is 0 Å². The average Bonchev–Trinajstić information content (AvgIpc) is 2.75. The molecule has 0 aliphatic rings. The lowest BCUT2D eigenvalue weighted by molar-refractivity contribution is -0.137. The van der Waals surface area contributed by atoms with Crippen LogP contribution in [-0.2, 0) is 20.8 Å². The van der Waals surface area contributed by atoms with Gasteiger partial charge in [0.25, 0.3) is 0 Å². The van der Waals surface area contributed by atoms with Crippen molar-refractivity contribution in [2.24, 2.45) is 0 Å². The summed E-state index contributed by atoms with van der Waals surface area (Å²) in [6.45, 7) is 2.56. The summed E-state index contributed by atoms with van der Waals surface area (Å²) >= 11 is 0. The summed E-state index contributed by atoms with van der Waals surface area (Å²) in [4.78, 5) is 12.0. The highest BCUT2D eigenvalue weighted by Gasteiger charge is 2.39. The van der Waals surface area contributed by atoms with Crippen LogP contribution in [0.5, 0.6) is 11.5 Å². The fourth-order valence-corrected chi connectivity index (χ4v) is 4.59. The second kappa shape index (κ2) is 9.46. The van der Waals surface area contributed by atoms with Crippen molar-refractivity contribution in [3.05, 3.63) is 84.2 Å². The Kier molecular flexibility index (Phi) is 7.02. The van der Waals surface area contributed by atoms with Gasteiger partial charge in [-0.15, -0.1) is 0 Å². The van der Waals surface area contributed by atoms with Crippen LogP contribution in [0, 0.1) is 5.82 Å². The van der Waals surface area contributed by atoms with Crippen LogP contribution in [0.4, 0.5) is 23.2 Å². The maximum atomic E-state index is 13.0. The van der Waals surface area contributed by atoms with Crippen molar-refractivity contribution in [3.8, 4) is 11.5 Å². The molecule has 5 nitrogen and oxygen atoms in total. The third-order valence-corrected chi connectivity index (χ3v) is 7.45. The molecule has 0 spiro atoms. The van der Waals surface area contributed by atoms with Crippen molar-refractivity contribution >= 4 is 21.4 Å². The van der Waals surface area contributed by atoms with Crippen molar-refractivity contribution in [3.63, 3.8) is 0 Å². The van der Waals surface area contributed by atoms with Crippen LogP contribution >= 0.6 is 0 Å². The predicted octanol–water partition coefficient (Wildman–Crippen LogP) is 6.22. The number of anilines is 1. The number of alkyl halides is 3. The van der Waals surface area contributed by atoms with E-state index in [0.717, 1.165) is 18.2 Å². The third kappa shape index (κ3) is 5.93. The monoisotopic (exact) mass is 495 g/mol. The summed E-state index contributed by atoms with van der Waals surface area (Å²) in [6, 6.07) is 15.0. The first-order valence-electron chi connectivity index (χ1n) is 10.0. The van der Waals surface area contributed by atoms with Gasteiger partial charge in [0.15, 0.2) is 9.84 Å². The third-order valence-electron chi connectivity index (χ3n) is 4.97. The van der Waals surface area contributed by atoms with Gasteiger partial charge in [0.2, 0.25) is 5.91 Å². The number of ether oxygens (including phenoxy) is 1. The van der Waals surface area contributed by atoms with Gasteiger partial charge in [0.05, 0.1) is 15.2 Å². The minimum Gasteiger partial charge on any atom is -0.457 e. The van der Waals surface area contributed by atoms with Gasteiger partial charge >= 0.3 is 6.18 Å². The molecule has 3 rings (SSSR count). The van der Waals surface area contributed by atoms with E-state index < -0.39 is 49.4 Å². The van der Waals surface area contributed by atoms with Crippen LogP contribution in [0.15, 0.2) is 77.7 Å². The molecule has 0 bridgehead atoms. The van der Waals surface area contributed by atoms with Gasteiger partial charge in [-0.3, -0.25) is 4.79 Å². The van der Waals surface area contributed by atoms with Gasteiger partial charge in [-0.1, -0.05) is 6.07 Å². The van der Waals surface area contributed by atoms with E-state index >= 15 is 0 Å². The van der Waals surface area contributed by atoms with Gasteiger partial charge in [-0.25, -0.2) is 12.8 Å². The van der Waals surface area contributed by atoms with E-state index in [9.17, 15) is 30.8 Å². The Balaban J connectivity index is 1.68. The maximum Gasteiger partial charge on any atom is 0.416 e. The maximum absolute atomic E-state index is 13.0. The zero-order chi connectivity index (χ0) is 25.1. The second-order valence-corrected chi connectivity index (χ2v) is 10.7. The molecule has 0 aromatic heterocycles. The molecule has 0 atom stereocenters. The predicted molar refractivity (Wildman–Crippen MR) is 119 cm³/mol. The average molecular weight is 495 g/mol. The largest absolute Gasteiger partial charge is 0.457 e. The van der Waals surface area contributed by atoms with Gasteiger partial charge in [-0.2, -0.15) is 13.2 Å². The first kappa shape index (κ1) is 25.2. The van der Waals surface area contributed by atoms with E-state index in [1.807, 2.05) is 0 Å². The number of carbonyl (C=O) groups excluding carboxylic acids is 1. The minimum atomic E-state index is -4.69. The number of hydrogen-bond donors (Lipinski definition) is 1. The van der Waals surface area contributed by atoms with E-state index in [2.05, 4.69) is 5.32 Å². The van der Waals surface area contributed by atoms with E-state index in [4.69, 9.17) is 4.74 Å². The summed E-state index contributed by atoms with van der Waals surface area (Å²) < 4.78 is 81.8. The van der Waals surface area contributed by atoms with Crippen molar-refractivity contribution in [1.29, 1.82) is 0 Å². The molecule has 0 saturated carbocycles. The summed E-state index contributed by atoms with van der Waals surface area (Å²) in [6.07, 6.45) is -5.18. The summed E-state index contributed by atoms with van der Waals surface area (Å²) in [5.74, 6) is -0.187. The summed E-state index contributed by atoms with van der Waals surface area (Å²) in [5, 5.41) is 2.57. The standard InChI is InChI=1S/C24H21F4NO4S/c1-23(2,34(31,32)21-5-3-4-16(14-21)24(26,27)28)15-22(30)29-18-8-12-20(13-9-18)33-19-10-6-17(25)7-11-19/h3-14H,15H2,1-2H3,(H,29,30). The number of halogens is 4. The Hall–Kier alpha value is -3.40. The topological polar surface area (TPSA) is 72.5 Å². The molecule has 0 heterocycles. The SMILES string of the molecule is CC(C)(CC(=O)Nc1ccc(Oc2ccc(F)cc2)cc1)S(=O)(=O)c1cccc(C(F)(F)F)c1. The number of hydrogen-bond acceptors (Lipinski definition) is 4. The first-order chi connectivity index (χ1) is 15.8. The lowest BCUT2D eigenvalue weighted by atomic mass is 10.1. The zero-order valence-corrected chi connectivity index (χ0v) is 19.0. The fraction of sp³-hybridized carbons (Fsp3) is 0.208. The van der Waals surface area contributed by atoms with Crippen molar-refractivity contribution in [2.45, 2.75) is 36.1 Å². The Bertz CT molecular complexity index is 1270. The number of rotatable bonds is 7. The molecule has 0 aliphatic carbocycles. The molecule has 3 aromatic rings. The van der Waals surface area contributed by atoms with Gasteiger partial charge in [-0.05, 0) is 80.6 Å². The van der Waals surface area contributed by atoms with E-state index in [-0.39, 0.29) is 0 Å². The molecule has 1 N–H and O–H groups in total. The lowest BCUT2D eigenvalue weighted by Gasteiger charge is -2.24. The molecule has 0 unspecified atom stereocenters. The Morgan fingerprint density at radius 1 is 0.912 bits per heavy atom. The van der Waals surface area contributed by atoms with Crippen LogP contribution in [0.25, 0.3) is 0 Å². The molecule has 0 saturated heterocycles. The smallest absolute Gasteiger partial charge is 0.416 e. The second-order valence-electron chi connectivity index (χ2n) is 8.09. The molecule has 1 amide bonds. The van der Waals surface area contributed by atoms with Crippen molar-refractivity contribution in [2.75, 3.05) is 5.32 Å². The van der Waals surface area contributed by atoms with Crippen LogP contribution in [-0.4, -0.2) is 19.1 Å². The molecule has 10 heteroatoms. The fourth-order valence-electron chi connectivity index (χ4n) is 3.09. The Morgan fingerprint density at radius 3 is 2.03 bits per heavy atom. The van der Waals surface area contributed by atoms with Gasteiger partial charge in [0, 0.05) is 12.1 Å². The van der Waals surface area contributed by atoms with Gasteiger partial charge < -0.3 is 10.1 Å². The molecule has 3 aromatic carbocycles. The normalized spacial score (nSPS) is 12.3. The molecule has 180 valence electrons. The highest BCUT2D eigenvalue weighted by Crippen LogP contribution is 2.34. The van der Waals surface area contributed by atoms with E-state index in [1.54, 1.807) is 12.1 Å². The van der Waals surface area contributed by atoms with E-state index in [0.29, 0.717) is 23.3 Å². The lowest BCUT2D eigenvalue weighted by Crippen LogP contribution is -2.36. The Morgan fingerprint density at radius 2 is 1.47 bits per heavy atom. The minimum absolute atomic E-state index is 0.365. The number of nitrogens with one attached hydrogen (secondary N) is 1.